The van der Waals surface area contributed by atoms with Gasteiger partial charge in [-0.25, -0.2) is 4.79 Å². The van der Waals surface area contributed by atoms with Crippen LogP contribution in [0.2, 0.25) is 0 Å². The minimum atomic E-state index is -1.34. The van der Waals surface area contributed by atoms with Crippen LogP contribution in [-0.2, 0) is 30.3 Å². The molecule has 0 radical (unpaired) electrons. The predicted octanol–water partition coefficient (Wildman–Crippen LogP) is 2.92. The van der Waals surface area contributed by atoms with Crippen LogP contribution >= 0.6 is 0 Å². The fourth-order valence-corrected chi connectivity index (χ4v) is 5.92. The number of hydrogen-bond acceptors (Lipinski definition) is 8. The molecule has 0 aliphatic carbocycles. The van der Waals surface area contributed by atoms with Gasteiger partial charge in [-0.15, -0.1) is 0 Å². The number of ether oxygens (including phenoxy) is 3. The summed E-state index contributed by atoms with van der Waals surface area (Å²) in [5.41, 5.74) is -0.133. The van der Waals surface area contributed by atoms with E-state index in [-0.39, 0.29) is 25.4 Å². The summed E-state index contributed by atoms with van der Waals surface area (Å²) in [6, 6.07) is 11.4. The SMILES string of the molecule is CC[C@]1(C)NC(=O)[C@H](CCCCCOC(=O)c2ccccc2)NC(=O)[C@H]2CCCN2C(=O)[C@H](Cc2ccc(OC)c(OC)c2)NC1=O. The molecule has 4 atom stereocenters. The van der Waals surface area contributed by atoms with Crippen LogP contribution in [0.3, 0.4) is 0 Å². The quantitative estimate of drug-likeness (QED) is 0.234. The van der Waals surface area contributed by atoms with Crippen molar-refractivity contribution < 1.29 is 38.2 Å². The zero-order chi connectivity index (χ0) is 34.0. The maximum atomic E-state index is 14.0. The first-order valence-corrected chi connectivity index (χ1v) is 16.3. The highest BCUT2D eigenvalue weighted by molar-refractivity contribution is 5.99. The molecule has 2 aliphatic rings. The van der Waals surface area contributed by atoms with Gasteiger partial charge < -0.3 is 35.1 Å². The molecule has 4 rings (SSSR count). The minimum Gasteiger partial charge on any atom is -0.493 e. The molecule has 254 valence electrons. The van der Waals surface area contributed by atoms with Crippen LogP contribution in [0, 0.1) is 0 Å². The van der Waals surface area contributed by atoms with Crippen molar-refractivity contribution in [3.05, 3.63) is 59.7 Å². The van der Waals surface area contributed by atoms with Gasteiger partial charge in [-0.3, -0.25) is 19.2 Å². The number of hydrogen-bond donors (Lipinski definition) is 3. The van der Waals surface area contributed by atoms with Gasteiger partial charge in [-0.05, 0) is 75.3 Å². The van der Waals surface area contributed by atoms with E-state index in [0.29, 0.717) is 62.1 Å². The van der Waals surface area contributed by atoms with Gasteiger partial charge in [0.15, 0.2) is 11.5 Å². The van der Waals surface area contributed by atoms with Crippen LogP contribution in [0.4, 0.5) is 0 Å². The molecule has 0 saturated carbocycles. The highest BCUT2D eigenvalue weighted by Crippen LogP contribution is 2.29. The summed E-state index contributed by atoms with van der Waals surface area (Å²) in [6.07, 6.45) is 3.58. The Kier molecular flexibility index (Phi) is 12.2. The van der Waals surface area contributed by atoms with Gasteiger partial charge in [0.25, 0.3) is 0 Å². The van der Waals surface area contributed by atoms with E-state index in [1.807, 2.05) is 6.07 Å². The number of methoxy groups -OCH3 is 2. The van der Waals surface area contributed by atoms with Crippen LogP contribution in [0.15, 0.2) is 48.5 Å². The number of carbonyl (C=O) groups is 5. The first-order chi connectivity index (χ1) is 22.6. The fourth-order valence-electron chi connectivity index (χ4n) is 5.92. The number of rotatable bonds is 12. The van der Waals surface area contributed by atoms with Crippen molar-refractivity contribution in [2.24, 2.45) is 0 Å². The van der Waals surface area contributed by atoms with Crippen molar-refractivity contribution in [2.45, 2.75) is 88.9 Å². The van der Waals surface area contributed by atoms with E-state index >= 15 is 0 Å². The Hall–Kier alpha value is -4.61. The second-order valence-corrected chi connectivity index (χ2v) is 12.2. The second kappa shape index (κ2) is 16.3. The molecule has 0 bridgehead atoms. The zero-order valence-electron chi connectivity index (χ0n) is 27.6. The topological polar surface area (TPSA) is 152 Å². The third-order valence-electron chi connectivity index (χ3n) is 8.95. The van der Waals surface area contributed by atoms with Gasteiger partial charge in [0, 0.05) is 13.0 Å². The number of benzene rings is 2. The molecule has 4 amide bonds. The largest absolute Gasteiger partial charge is 0.493 e. The number of unbranched alkanes of at least 4 members (excludes halogenated alkanes) is 2. The van der Waals surface area contributed by atoms with Gasteiger partial charge in [0.05, 0.1) is 26.4 Å². The number of nitrogens with one attached hydrogen (secondary N) is 3. The van der Waals surface area contributed by atoms with Gasteiger partial charge in [-0.2, -0.15) is 0 Å². The Morgan fingerprint density at radius 1 is 0.915 bits per heavy atom. The standard InChI is InChI=1S/C35H46N4O8/c1-5-35(2)34(44)37-26(21-23-17-18-28(45-3)29(22-23)46-4)32(42)39-19-12-16-27(39)31(41)36-25(30(40)38-35)15-10-7-11-20-47-33(43)24-13-8-6-9-14-24/h6,8-9,13-14,17-18,22,25-27H,5,7,10-12,15-16,19-21H2,1-4H3,(H,36,41)(H,37,44)(H,38,40)/t25-,26-,27+,35-/m0/s1. The zero-order valence-corrected chi connectivity index (χ0v) is 27.6. The van der Waals surface area contributed by atoms with E-state index in [0.717, 1.165) is 5.56 Å². The van der Waals surface area contributed by atoms with Crippen LogP contribution in [0.1, 0.15) is 74.7 Å². The molecular formula is C35H46N4O8. The normalized spacial score (nSPS) is 23.4. The summed E-state index contributed by atoms with van der Waals surface area (Å²) in [6.45, 7) is 3.98. The Morgan fingerprint density at radius 3 is 2.36 bits per heavy atom. The number of esters is 1. The van der Waals surface area contributed by atoms with Crippen molar-refractivity contribution >= 4 is 29.6 Å². The molecule has 0 unspecified atom stereocenters. The van der Waals surface area contributed by atoms with Crippen molar-refractivity contribution in [1.29, 1.82) is 0 Å². The minimum absolute atomic E-state index is 0.146. The molecule has 2 aromatic carbocycles. The van der Waals surface area contributed by atoms with E-state index in [2.05, 4.69) is 16.0 Å². The molecule has 2 aliphatic heterocycles. The van der Waals surface area contributed by atoms with Gasteiger partial charge in [-0.1, -0.05) is 37.6 Å². The number of fused-ring (bicyclic) bond motifs is 1. The van der Waals surface area contributed by atoms with Crippen molar-refractivity contribution in [1.82, 2.24) is 20.9 Å². The summed E-state index contributed by atoms with van der Waals surface area (Å²) in [5, 5.41) is 8.65. The highest BCUT2D eigenvalue weighted by Gasteiger charge is 2.43. The Labute approximate surface area is 275 Å². The van der Waals surface area contributed by atoms with Crippen LogP contribution in [0.25, 0.3) is 0 Å². The maximum Gasteiger partial charge on any atom is 0.338 e. The van der Waals surface area contributed by atoms with Gasteiger partial charge >= 0.3 is 5.97 Å². The van der Waals surface area contributed by atoms with Crippen LogP contribution in [0.5, 0.6) is 11.5 Å². The van der Waals surface area contributed by atoms with Crippen molar-refractivity contribution in [2.75, 3.05) is 27.4 Å². The van der Waals surface area contributed by atoms with E-state index in [1.54, 1.807) is 56.3 Å². The van der Waals surface area contributed by atoms with E-state index < -0.39 is 47.4 Å². The Bertz CT molecular complexity index is 1430. The molecule has 47 heavy (non-hydrogen) atoms. The first kappa shape index (κ1) is 35.2. The number of nitrogens with zero attached hydrogens (tertiary/aromatic N) is 1. The van der Waals surface area contributed by atoms with Crippen LogP contribution < -0.4 is 25.4 Å². The van der Waals surface area contributed by atoms with Gasteiger partial charge in [0.2, 0.25) is 23.6 Å². The molecule has 0 aromatic heterocycles. The highest BCUT2D eigenvalue weighted by atomic mass is 16.5. The summed E-state index contributed by atoms with van der Waals surface area (Å²) in [4.78, 5) is 68.8. The summed E-state index contributed by atoms with van der Waals surface area (Å²) >= 11 is 0. The molecule has 12 nitrogen and oxygen atoms in total. The van der Waals surface area contributed by atoms with E-state index in [1.165, 1.54) is 19.1 Å². The Balaban J connectivity index is 1.47. The monoisotopic (exact) mass is 650 g/mol. The first-order valence-electron chi connectivity index (χ1n) is 16.3. The van der Waals surface area contributed by atoms with E-state index in [9.17, 15) is 24.0 Å². The molecule has 3 N–H and O–H groups in total. The Morgan fingerprint density at radius 2 is 1.66 bits per heavy atom. The summed E-state index contributed by atoms with van der Waals surface area (Å²) < 4.78 is 16.1. The molecule has 2 heterocycles. The van der Waals surface area contributed by atoms with Crippen molar-refractivity contribution in [3.63, 3.8) is 0 Å². The number of amides is 4. The average Bonchev–Trinajstić information content (AvgIpc) is 3.58. The fraction of sp³-hybridized carbons (Fsp3) is 0.514. The predicted molar refractivity (Wildman–Crippen MR) is 174 cm³/mol. The second-order valence-electron chi connectivity index (χ2n) is 12.2. The lowest BCUT2D eigenvalue weighted by Crippen LogP contribution is -2.65. The summed E-state index contributed by atoms with van der Waals surface area (Å²) in [7, 11) is 3.05. The number of carbonyl (C=O) groups excluding carboxylic acids is 5. The average molecular weight is 651 g/mol. The molecule has 0 spiro atoms. The van der Waals surface area contributed by atoms with Crippen molar-refractivity contribution in [3.8, 4) is 11.5 Å². The summed E-state index contributed by atoms with van der Waals surface area (Å²) in [5.74, 6) is -1.10. The smallest absolute Gasteiger partial charge is 0.338 e. The van der Waals surface area contributed by atoms with Crippen LogP contribution in [-0.4, -0.2) is 85.5 Å². The molecule has 2 fully saturated rings. The van der Waals surface area contributed by atoms with Gasteiger partial charge in [0.1, 0.15) is 23.7 Å². The molecule has 2 aromatic rings. The lowest BCUT2D eigenvalue weighted by molar-refractivity contribution is -0.144. The molecule has 2 saturated heterocycles. The third kappa shape index (κ3) is 8.81. The van der Waals surface area contributed by atoms with E-state index in [4.69, 9.17) is 14.2 Å². The lowest BCUT2D eigenvalue weighted by Gasteiger charge is -2.36. The third-order valence-corrected chi connectivity index (χ3v) is 8.95. The maximum absolute atomic E-state index is 14.0. The lowest BCUT2D eigenvalue weighted by atomic mass is 9.94. The molecular weight excluding hydrogens is 604 g/mol. The molecule has 12 heteroatoms.